The Kier molecular flexibility index (Phi) is 3.98. The summed E-state index contributed by atoms with van der Waals surface area (Å²) in [5.41, 5.74) is 5.69. The highest BCUT2D eigenvalue weighted by Gasteiger charge is 2.06. The van der Waals surface area contributed by atoms with E-state index in [0.717, 1.165) is 10.8 Å². The van der Waals surface area contributed by atoms with E-state index < -0.39 is 0 Å². The quantitative estimate of drug-likeness (QED) is 0.746. The lowest BCUT2D eigenvalue weighted by atomic mass is 10.3. The number of nitrogens with two attached hydrogens (primary N) is 1. The number of nitrogen functional groups attached to an aromatic ring is 1. The lowest BCUT2D eigenvalue weighted by Crippen LogP contribution is -2.13. The molecule has 9 heteroatoms. The summed E-state index contributed by atoms with van der Waals surface area (Å²) in [7, 11) is 0. The third-order valence-electron chi connectivity index (χ3n) is 2.63. The first-order chi connectivity index (χ1) is 10.2. The monoisotopic (exact) mass is 321 g/mol. The normalized spacial score (nSPS) is 10.7. The summed E-state index contributed by atoms with van der Waals surface area (Å²) in [6.45, 7) is 0.679. The molecule has 7 nitrogen and oxygen atoms in total. The summed E-state index contributed by atoms with van der Waals surface area (Å²) < 4.78 is 2.32. The number of aromatic nitrogens is 5. The number of halogens is 1. The van der Waals surface area contributed by atoms with Crippen molar-refractivity contribution in [3.05, 3.63) is 39.8 Å². The standard InChI is InChI=1S/C12H12ClN7S/c13-9-3-2-8(21-9)4-6-15-11-17-10(14)18-12(19-11)20-7-1-5-16-20/h1-3,5,7H,4,6H2,(H3,14,15,17,18,19). The Balaban J connectivity index is 1.68. The molecule has 0 aliphatic heterocycles. The molecule has 3 N–H and O–H groups in total. The van der Waals surface area contributed by atoms with Crippen molar-refractivity contribution >= 4 is 34.8 Å². The minimum atomic E-state index is 0.150. The van der Waals surface area contributed by atoms with E-state index in [4.69, 9.17) is 17.3 Å². The second-order valence-corrected chi connectivity index (χ2v) is 5.95. The molecule has 0 amide bonds. The third kappa shape index (κ3) is 3.47. The zero-order valence-electron chi connectivity index (χ0n) is 10.9. The molecule has 3 rings (SSSR count). The van der Waals surface area contributed by atoms with Crippen molar-refractivity contribution < 1.29 is 0 Å². The lowest BCUT2D eigenvalue weighted by Gasteiger charge is -2.06. The van der Waals surface area contributed by atoms with Crippen LogP contribution in [0.15, 0.2) is 30.6 Å². The van der Waals surface area contributed by atoms with E-state index in [9.17, 15) is 0 Å². The van der Waals surface area contributed by atoms with Crippen LogP contribution in [0, 0.1) is 0 Å². The molecule has 0 unspecified atom stereocenters. The molecule has 0 bridgehead atoms. The van der Waals surface area contributed by atoms with E-state index in [1.165, 1.54) is 9.56 Å². The summed E-state index contributed by atoms with van der Waals surface area (Å²) in [5.74, 6) is 0.960. The first kappa shape index (κ1) is 13.8. The van der Waals surface area contributed by atoms with Crippen molar-refractivity contribution in [2.24, 2.45) is 0 Å². The Hall–Kier alpha value is -2.19. The zero-order chi connectivity index (χ0) is 14.7. The first-order valence-electron chi connectivity index (χ1n) is 6.20. The van der Waals surface area contributed by atoms with Gasteiger partial charge in [-0.05, 0) is 24.6 Å². The predicted octanol–water partition coefficient (Wildman–Crippen LogP) is 2.01. The maximum Gasteiger partial charge on any atom is 0.257 e. The number of rotatable bonds is 5. The maximum absolute atomic E-state index is 5.89. The Morgan fingerprint density at radius 3 is 2.90 bits per heavy atom. The van der Waals surface area contributed by atoms with E-state index in [-0.39, 0.29) is 5.95 Å². The number of nitrogens with one attached hydrogen (secondary N) is 1. The van der Waals surface area contributed by atoms with E-state index in [2.05, 4.69) is 25.4 Å². The van der Waals surface area contributed by atoms with Gasteiger partial charge in [0.25, 0.3) is 5.95 Å². The number of thiophene rings is 1. The molecular formula is C12H12ClN7S. The molecule has 108 valence electrons. The first-order valence-corrected chi connectivity index (χ1v) is 7.40. The van der Waals surface area contributed by atoms with Gasteiger partial charge in [0.1, 0.15) is 0 Å². The molecule has 0 fully saturated rings. The topological polar surface area (TPSA) is 94.5 Å². The predicted molar refractivity (Wildman–Crippen MR) is 82.9 cm³/mol. The minimum absolute atomic E-state index is 0.150. The molecular weight excluding hydrogens is 310 g/mol. The molecule has 0 aliphatic rings. The summed E-state index contributed by atoms with van der Waals surface area (Å²) in [4.78, 5) is 13.6. The summed E-state index contributed by atoms with van der Waals surface area (Å²) >= 11 is 7.45. The molecule has 0 saturated carbocycles. The van der Waals surface area contributed by atoms with Crippen LogP contribution in [0.3, 0.4) is 0 Å². The van der Waals surface area contributed by atoms with Crippen LogP contribution in [0.4, 0.5) is 11.9 Å². The van der Waals surface area contributed by atoms with Crippen LogP contribution in [-0.2, 0) is 6.42 Å². The van der Waals surface area contributed by atoms with Gasteiger partial charge in [-0.1, -0.05) is 11.6 Å². The van der Waals surface area contributed by atoms with Gasteiger partial charge in [-0.3, -0.25) is 0 Å². The average Bonchev–Trinajstić information content (AvgIpc) is 3.10. The second-order valence-electron chi connectivity index (χ2n) is 4.15. The number of nitrogens with zero attached hydrogens (tertiary/aromatic N) is 5. The van der Waals surface area contributed by atoms with E-state index in [1.807, 2.05) is 12.1 Å². The van der Waals surface area contributed by atoms with Crippen LogP contribution >= 0.6 is 22.9 Å². The van der Waals surface area contributed by atoms with Gasteiger partial charge < -0.3 is 11.1 Å². The van der Waals surface area contributed by atoms with Gasteiger partial charge >= 0.3 is 0 Å². The molecule has 3 heterocycles. The van der Waals surface area contributed by atoms with Gasteiger partial charge in [0.05, 0.1) is 4.34 Å². The summed E-state index contributed by atoms with van der Waals surface area (Å²) in [6.07, 6.45) is 4.22. The lowest BCUT2D eigenvalue weighted by molar-refractivity contribution is 0.798. The number of anilines is 2. The molecule has 0 aromatic carbocycles. The highest BCUT2D eigenvalue weighted by Crippen LogP contribution is 2.21. The fourth-order valence-corrected chi connectivity index (χ4v) is 2.82. The van der Waals surface area contributed by atoms with Crippen LogP contribution in [0.1, 0.15) is 4.88 Å². The molecule has 0 aliphatic carbocycles. The van der Waals surface area contributed by atoms with Crippen LogP contribution in [0.2, 0.25) is 4.34 Å². The highest BCUT2D eigenvalue weighted by atomic mass is 35.5. The van der Waals surface area contributed by atoms with Crippen LogP contribution in [0.5, 0.6) is 0 Å². The molecule has 0 saturated heterocycles. The van der Waals surface area contributed by atoms with Crippen molar-refractivity contribution in [3.63, 3.8) is 0 Å². The largest absolute Gasteiger partial charge is 0.368 e. The fraction of sp³-hybridized carbons (Fsp3) is 0.167. The molecule has 0 radical (unpaired) electrons. The number of hydrogen-bond donors (Lipinski definition) is 2. The Morgan fingerprint density at radius 2 is 2.19 bits per heavy atom. The summed E-state index contributed by atoms with van der Waals surface area (Å²) in [6, 6.07) is 5.68. The van der Waals surface area contributed by atoms with Gasteiger partial charge in [-0.2, -0.15) is 20.1 Å². The van der Waals surface area contributed by atoms with Crippen LogP contribution in [0.25, 0.3) is 5.95 Å². The van der Waals surface area contributed by atoms with E-state index in [0.29, 0.717) is 18.4 Å². The van der Waals surface area contributed by atoms with Gasteiger partial charge in [-0.25, -0.2) is 4.68 Å². The number of hydrogen-bond acceptors (Lipinski definition) is 7. The van der Waals surface area contributed by atoms with Gasteiger partial charge in [0.15, 0.2) is 0 Å². The van der Waals surface area contributed by atoms with Gasteiger partial charge in [0.2, 0.25) is 11.9 Å². The Bertz CT molecular complexity index is 725. The SMILES string of the molecule is Nc1nc(NCCc2ccc(Cl)s2)nc(-n2cccn2)n1. The molecule has 0 spiro atoms. The van der Waals surface area contributed by atoms with E-state index in [1.54, 1.807) is 29.8 Å². The fourth-order valence-electron chi connectivity index (χ4n) is 1.73. The van der Waals surface area contributed by atoms with Crippen LogP contribution < -0.4 is 11.1 Å². The van der Waals surface area contributed by atoms with Crippen molar-refractivity contribution in [1.82, 2.24) is 24.7 Å². The van der Waals surface area contributed by atoms with Crippen molar-refractivity contribution in [2.75, 3.05) is 17.6 Å². The smallest absolute Gasteiger partial charge is 0.257 e. The van der Waals surface area contributed by atoms with Crippen molar-refractivity contribution in [1.29, 1.82) is 0 Å². The third-order valence-corrected chi connectivity index (χ3v) is 3.92. The maximum atomic E-state index is 5.89. The van der Waals surface area contributed by atoms with E-state index >= 15 is 0 Å². The second kappa shape index (κ2) is 6.06. The van der Waals surface area contributed by atoms with Crippen molar-refractivity contribution in [3.8, 4) is 5.95 Å². The summed E-state index contributed by atoms with van der Waals surface area (Å²) in [5, 5.41) is 7.19. The highest BCUT2D eigenvalue weighted by molar-refractivity contribution is 7.16. The molecule has 21 heavy (non-hydrogen) atoms. The Labute approximate surface area is 129 Å². The molecule has 0 atom stereocenters. The zero-order valence-corrected chi connectivity index (χ0v) is 12.5. The van der Waals surface area contributed by atoms with Crippen molar-refractivity contribution in [2.45, 2.75) is 6.42 Å². The molecule has 3 aromatic rings. The van der Waals surface area contributed by atoms with Gasteiger partial charge in [0, 0.05) is 23.8 Å². The Morgan fingerprint density at radius 1 is 1.29 bits per heavy atom. The average molecular weight is 322 g/mol. The van der Waals surface area contributed by atoms with Crippen LogP contribution in [-0.4, -0.2) is 31.3 Å². The minimum Gasteiger partial charge on any atom is -0.368 e. The van der Waals surface area contributed by atoms with Gasteiger partial charge in [-0.15, -0.1) is 11.3 Å². The molecule has 3 aromatic heterocycles.